The highest BCUT2D eigenvalue weighted by Crippen LogP contribution is 2.28. The number of primary sulfonamides is 1. The van der Waals surface area contributed by atoms with Crippen molar-refractivity contribution in [3.05, 3.63) is 35.7 Å². The van der Waals surface area contributed by atoms with Crippen molar-refractivity contribution >= 4 is 15.9 Å². The maximum atomic E-state index is 12.5. The van der Waals surface area contributed by atoms with Crippen molar-refractivity contribution in [2.75, 3.05) is 0 Å². The largest absolute Gasteiger partial charge is 0.436 e. The average molecular weight is 349 g/mol. The summed E-state index contributed by atoms with van der Waals surface area (Å²) < 4.78 is 60.9. The van der Waals surface area contributed by atoms with Gasteiger partial charge in [0.05, 0.1) is 12.6 Å². The van der Waals surface area contributed by atoms with Gasteiger partial charge in [-0.25, -0.2) is 13.6 Å². The highest BCUT2D eigenvalue weighted by Gasteiger charge is 2.35. The summed E-state index contributed by atoms with van der Waals surface area (Å²) in [5, 5.41) is 11.6. The first-order chi connectivity index (χ1) is 10.5. The van der Waals surface area contributed by atoms with Crippen LogP contribution in [0.25, 0.3) is 5.69 Å². The smallest absolute Gasteiger partial charge is 0.369 e. The second-order valence-corrected chi connectivity index (χ2v) is 6.04. The van der Waals surface area contributed by atoms with E-state index in [4.69, 9.17) is 10.9 Å². The molecule has 0 unspecified atom stereocenters. The van der Waals surface area contributed by atoms with Gasteiger partial charge in [-0.2, -0.15) is 18.3 Å². The molecule has 0 aliphatic carbocycles. The summed E-state index contributed by atoms with van der Waals surface area (Å²) in [5.41, 5.74) is 3.67. The van der Waals surface area contributed by atoms with E-state index in [1.165, 1.54) is 6.07 Å². The van der Waals surface area contributed by atoms with Crippen LogP contribution in [0.2, 0.25) is 0 Å². The van der Waals surface area contributed by atoms with E-state index in [1.54, 1.807) is 0 Å². The molecule has 0 saturated heterocycles. The number of carbonyl (C=O) groups is 1. The number of amides is 1. The van der Waals surface area contributed by atoms with Gasteiger partial charge in [0.15, 0.2) is 5.69 Å². The Kier molecular flexibility index (Phi) is 4.13. The number of sulfonamides is 1. The molecule has 0 radical (unpaired) electrons. The lowest BCUT2D eigenvalue weighted by Crippen LogP contribution is -2.18. The fourth-order valence-electron chi connectivity index (χ4n) is 1.77. The number of nitrogens with zero attached hydrogens (tertiary/aromatic N) is 3. The number of aromatic nitrogens is 3. The maximum Gasteiger partial charge on any atom is 0.436 e. The fourth-order valence-corrected chi connectivity index (χ4v) is 2.53. The monoisotopic (exact) mass is 349 g/mol. The Labute approximate surface area is 127 Å². The lowest BCUT2D eigenvalue weighted by atomic mass is 10.1. The predicted molar refractivity (Wildman–Crippen MR) is 70.6 cm³/mol. The van der Waals surface area contributed by atoms with Gasteiger partial charge in [-0.3, -0.25) is 4.79 Å². The maximum absolute atomic E-state index is 12.5. The van der Waals surface area contributed by atoms with Crippen LogP contribution in [0.4, 0.5) is 13.2 Å². The van der Waals surface area contributed by atoms with Crippen LogP contribution in [-0.4, -0.2) is 29.3 Å². The van der Waals surface area contributed by atoms with Crippen LogP contribution < -0.4 is 10.9 Å². The van der Waals surface area contributed by atoms with Gasteiger partial charge in [0, 0.05) is 0 Å². The molecule has 0 aliphatic rings. The third-order valence-corrected chi connectivity index (χ3v) is 3.65. The van der Waals surface area contributed by atoms with Crippen LogP contribution in [0.15, 0.2) is 29.3 Å². The predicted octanol–water partition coefficient (Wildman–Crippen LogP) is -0.0387. The number of nitrogens with two attached hydrogens (primary N) is 2. The molecule has 0 aliphatic heterocycles. The van der Waals surface area contributed by atoms with Gasteiger partial charge < -0.3 is 5.73 Å². The third kappa shape index (κ3) is 3.84. The molecule has 23 heavy (non-hydrogen) atoms. The van der Waals surface area contributed by atoms with E-state index in [1.807, 2.05) is 0 Å². The van der Waals surface area contributed by atoms with E-state index in [-0.39, 0.29) is 17.7 Å². The van der Waals surface area contributed by atoms with E-state index in [0.29, 0.717) is 11.0 Å². The molecule has 8 nitrogen and oxygen atoms in total. The molecule has 1 aromatic carbocycles. The molecule has 0 bridgehead atoms. The Balaban J connectivity index is 2.58. The molecule has 0 spiro atoms. The number of alkyl halides is 3. The summed E-state index contributed by atoms with van der Waals surface area (Å²) in [4.78, 5) is 10.9. The third-order valence-electron chi connectivity index (χ3n) is 2.71. The number of halogens is 3. The van der Waals surface area contributed by atoms with Crippen molar-refractivity contribution in [2.45, 2.75) is 17.5 Å². The van der Waals surface area contributed by atoms with Gasteiger partial charge in [0.1, 0.15) is 10.6 Å². The molecule has 1 aromatic heterocycles. The number of hydrogen-bond donors (Lipinski definition) is 2. The standard InChI is InChI=1S/C11H10F3N5O3S/c12-11(13,14)9-5-17-19(18-9)7-2-1-6(4-10(15)20)3-8(7)23(16,21)22/h1-3,5H,4H2,(H2,15,20)(H2,16,21,22). The van der Waals surface area contributed by atoms with Crippen LogP contribution in [0, 0.1) is 0 Å². The Morgan fingerprint density at radius 2 is 1.96 bits per heavy atom. The molecule has 0 fully saturated rings. The number of primary amides is 1. The molecule has 1 heterocycles. The van der Waals surface area contributed by atoms with Gasteiger partial charge in [0.2, 0.25) is 15.9 Å². The van der Waals surface area contributed by atoms with Crippen molar-refractivity contribution in [3.63, 3.8) is 0 Å². The minimum atomic E-state index is -4.73. The van der Waals surface area contributed by atoms with Crippen molar-refractivity contribution in [2.24, 2.45) is 10.9 Å². The molecular formula is C11H10F3N5O3S. The molecule has 0 saturated carbocycles. The Morgan fingerprint density at radius 3 is 2.43 bits per heavy atom. The zero-order valence-corrected chi connectivity index (χ0v) is 12.1. The number of rotatable bonds is 4. The van der Waals surface area contributed by atoms with Gasteiger partial charge in [-0.05, 0) is 17.7 Å². The molecule has 124 valence electrons. The van der Waals surface area contributed by atoms with Gasteiger partial charge >= 0.3 is 6.18 Å². The molecule has 4 N–H and O–H groups in total. The topological polar surface area (TPSA) is 134 Å². The number of hydrogen-bond acceptors (Lipinski definition) is 5. The van der Waals surface area contributed by atoms with Crippen molar-refractivity contribution in [1.82, 2.24) is 15.0 Å². The van der Waals surface area contributed by atoms with Gasteiger partial charge in [-0.15, -0.1) is 9.90 Å². The fraction of sp³-hybridized carbons (Fsp3) is 0.182. The minimum absolute atomic E-state index is 0.230. The Bertz CT molecular complexity index is 860. The highest BCUT2D eigenvalue weighted by atomic mass is 32.2. The second kappa shape index (κ2) is 5.62. The Morgan fingerprint density at radius 1 is 1.30 bits per heavy atom. The van der Waals surface area contributed by atoms with Crippen LogP contribution in [0.1, 0.15) is 11.3 Å². The van der Waals surface area contributed by atoms with E-state index in [9.17, 15) is 26.4 Å². The van der Waals surface area contributed by atoms with E-state index in [2.05, 4.69) is 10.2 Å². The summed E-state index contributed by atoms with van der Waals surface area (Å²) in [6.45, 7) is 0. The van der Waals surface area contributed by atoms with Gasteiger partial charge in [0.25, 0.3) is 0 Å². The summed E-state index contributed by atoms with van der Waals surface area (Å²) in [6, 6.07) is 3.48. The molecule has 2 rings (SSSR count). The van der Waals surface area contributed by atoms with E-state index in [0.717, 1.165) is 12.1 Å². The van der Waals surface area contributed by atoms with Gasteiger partial charge in [-0.1, -0.05) is 6.07 Å². The first-order valence-corrected chi connectivity index (χ1v) is 7.47. The van der Waals surface area contributed by atoms with Crippen LogP contribution in [-0.2, 0) is 27.4 Å². The summed E-state index contributed by atoms with van der Waals surface area (Å²) in [7, 11) is -4.30. The molecule has 0 atom stereocenters. The molecule has 1 amide bonds. The summed E-state index contributed by atoms with van der Waals surface area (Å²) in [5.74, 6) is -0.713. The first kappa shape index (κ1) is 16.9. The zero-order valence-electron chi connectivity index (χ0n) is 11.3. The SMILES string of the molecule is NC(=O)Cc1ccc(-n2ncc(C(F)(F)F)n2)c(S(N)(=O)=O)c1. The number of carbonyl (C=O) groups excluding carboxylic acids is 1. The Hall–Kier alpha value is -2.47. The minimum Gasteiger partial charge on any atom is -0.369 e. The van der Waals surface area contributed by atoms with Crippen LogP contribution in [0.3, 0.4) is 0 Å². The highest BCUT2D eigenvalue weighted by molar-refractivity contribution is 7.89. The molecule has 12 heteroatoms. The second-order valence-electron chi connectivity index (χ2n) is 4.51. The molecule has 2 aromatic rings. The summed E-state index contributed by atoms with van der Waals surface area (Å²) >= 11 is 0. The summed E-state index contributed by atoms with van der Waals surface area (Å²) in [6.07, 6.45) is -4.54. The van der Waals surface area contributed by atoms with Crippen molar-refractivity contribution in [3.8, 4) is 5.69 Å². The van der Waals surface area contributed by atoms with E-state index < -0.39 is 32.7 Å². The normalized spacial score (nSPS) is 12.3. The molecular weight excluding hydrogens is 339 g/mol. The van der Waals surface area contributed by atoms with Crippen molar-refractivity contribution < 1.29 is 26.4 Å². The lowest BCUT2D eigenvalue weighted by molar-refractivity contribution is -0.141. The first-order valence-electron chi connectivity index (χ1n) is 5.92. The van der Waals surface area contributed by atoms with Crippen molar-refractivity contribution in [1.29, 1.82) is 0 Å². The average Bonchev–Trinajstić information content (AvgIpc) is 2.86. The van der Waals surface area contributed by atoms with Crippen LogP contribution in [0.5, 0.6) is 0 Å². The van der Waals surface area contributed by atoms with Crippen LogP contribution >= 0.6 is 0 Å². The lowest BCUT2D eigenvalue weighted by Gasteiger charge is -2.09. The zero-order chi connectivity index (χ0) is 17.4. The quantitative estimate of drug-likeness (QED) is 0.799. The van der Waals surface area contributed by atoms with E-state index >= 15 is 0 Å². The number of benzene rings is 1.